The van der Waals surface area contributed by atoms with Gasteiger partial charge in [0.1, 0.15) is 23.9 Å². The first kappa shape index (κ1) is 19.0. The third-order valence-electron chi connectivity index (χ3n) is 3.56. The highest BCUT2D eigenvalue weighted by Crippen LogP contribution is 2.26. The van der Waals surface area contributed by atoms with Gasteiger partial charge in [-0.25, -0.2) is 0 Å². The van der Waals surface area contributed by atoms with Crippen LogP contribution in [0, 0.1) is 0 Å². The number of halogens is 1. The van der Waals surface area contributed by atoms with Crippen molar-refractivity contribution in [3.05, 3.63) is 70.5 Å². The molecule has 0 aliphatic heterocycles. The van der Waals surface area contributed by atoms with Gasteiger partial charge < -0.3 is 14.9 Å². The van der Waals surface area contributed by atoms with Gasteiger partial charge in [0.25, 0.3) is 0 Å². The second kappa shape index (κ2) is 9.77. The fraction of sp³-hybridized carbons (Fsp3) is 0.100. The number of rotatable bonds is 8. The lowest BCUT2D eigenvalue weighted by molar-refractivity contribution is 0.360. The van der Waals surface area contributed by atoms with Crippen LogP contribution >= 0.6 is 22.6 Å². The van der Waals surface area contributed by atoms with E-state index in [-0.39, 0.29) is 0 Å². The van der Waals surface area contributed by atoms with Crippen LogP contribution in [0.1, 0.15) is 0 Å². The van der Waals surface area contributed by atoms with E-state index in [1.807, 2.05) is 60.7 Å². The van der Waals surface area contributed by atoms with Crippen molar-refractivity contribution in [3.63, 3.8) is 0 Å². The van der Waals surface area contributed by atoms with E-state index in [2.05, 4.69) is 43.3 Å². The average molecular weight is 474 g/mol. The Balaban J connectivity index is 1.54. The maximum atomic E-state index is 5.88. The molecule has 0 saturated heterocycles. The summed E-state index contributed by atoms with van der Waals surface area (Å²) in [7, 11) is 1.76. The molecule has 138 valence electrons. The number of hydrazone groups is 1. The van der Waals surface area contributed by atoms with E-state index in [1.165, 1.54) is 0 Å². The average Bonchev–Trinajstić information content (AvgIpc) is 3.23. The van der Waals surface area contributed by atoms with Crippen LogP contribution in [0.15, 0.2) is 75.6 Å². The van der Waals surface area contributed by atoms with Crippen molar-refractivity contribution in [1.82, 2.24) is 15.6 Å². The van der Waals surface area contributed by atoms with Gasteiger partial charge in [-0.3, -0.25) is 5.10 Å². The Morgan fingerprint density at radius 2 is 1.74 bits per heavy atom. The monoisotopic (exact) mass is 474 g/mol. The molecule has 0 radical (unpaired) electrons. The van der Waals surface area contributed by atoms with Crippen LogP contribution in [0.25, 0.3) is 11.3 Å². The van der Waals surface area contributed by atoms with Crippen molar-refractivity contribution in [2.75, 3.05) is 13.7 Å². The van der Waals surface area contributed by atoms with Gasteiger partial charge in [-0.2, -0.15) is 10.2 Å². The van der Waals surface area contributed by atoms with Gasteiger partial charge in [-0.15, -0.1) is 0 Å². The van der Waals surface area contributed by atoms with Crippen LogP contribution in [0.4, 0.5) is 0 Å². The highest BCUT2D eigenvalue weighted by molar-refractivity contribution is 14.1. The molecule has 0 saturated carbocycles. The second-order valence-electron chi connectivity index (χ2n) is 5.47. The molecule has 3 rings (SSSR count). The van der Waals surface area contributed by atoms with Crippen LogP contribution in [0.3, 0.4) is 0 Å². The summed E-state index contributed by atoms with van der Waals surface area (Å²) in [5, 5.41) is 10.8. The fourth-order valence-corrected chi connectivity index (χ4v) is 2.57. The molecule has 0 spiro atoms. The Bertz CT molecular complexity index is 889. The number of benzene rings is 2. The van der Waals surface area contributed by atoms with Crippen molar-refractivity contribution < 1.29 is 9.47 Å². The van der Waals surface area contributed by atoms with Crippen LogP contribution in [0.2, 0.25) is 0 Å². The minimum atomic E-state index is 0.492. The molecule has 6 nitrogen and oxygen atoms in total. The van der Waals surface area contributed by atoms with E-state index in [0.29, 0.717) is 6.61 Å². The van der Waals surface area contributed by atoms with E-state index in [1.54, 1.807) is 19.5 Å². The van der Waals surface area contributed by atoms with E-state index in [4.69, 9.17) is 9.47 Å². The van der Waals surface area contributed by atoms with Crippen molar-refractivity contribution in [2.24, 2.45) is 5.10 Å². The zero-order chi connectivity index (χ0) is 18.9. The Kier molecular flexibility index (Phi) is 6.86. The highest BCUT2D eigenvalue weighted by atomic mass is 127. The highest BCUT2D eigenvalue weighted by Gasteiger charge is 2.02. The van der Waals surface area contributed by atoms with E-state index >= 15 is 0 Å². The summed E-state index contributed by atoms with van der Waals surface area (Å²) in [5.74, 6) is 2.31. The lowest BCUT2D eigenvalue weighted by Crippen LogP contribution is -1.98. The molecule has 27 heavy (non-hydrogen) atoms. The Morgan fingerprint density at radius 3 is 2.37 bits per heavy atom. The smallest absolute Gasteiger partial charge is 0.127 e. The third kappa shape index (κ3) is 5.85. The van der Waals surface area contributed by atoms with Crippen molar-refractivity contribution in [2.45, 2.75) is 0 Å². The summed E-state index contributed by atoms with van der Waals surface area (Å²) in [6.45, 7) is 0.492. The normalized spacial score (nSPS) is 11.6. The molecule has 2 aromatic carbocycles. The van der Waals surface area contributed by atoms with Crippen LogP contribution in [-0.2, 0) is 0 Å². The Morgan fingerprint density at radius 1 is 1.07 bits per heavy atom. The number of ether oxygens (including phenoxy) is 2. The summed E-state index contributed by atoms with van der Waals surface area (Å²) < 4.78 is 12.7. The van der Waals surface area contributed by atoms with E-state index in [9.17, 15) is 0 Å². The van der Waals surface area contributed by atoms with Crippen LogP contribution in [0.5, 0.6) is 17.2 Å². The molecule has 1 aromatic heterocycles. The number of aromatic amines is 1. The predicted octanol–water partition coefficient (Wildman–Crippen LogP) is 4.77. The predicted molar refractivity (Wildman–Crippen MR) is 116 cm³/mol. The molecule has 0 atom stereocenters. The molecule has 0 aliphatic carbocycles. The summed E-state index contributed by atoms with van der Waals surface area (Å²) in [4.78, 5) is 0. The SMILES string of the molecule is CN/N=C\C=C(/I)COc1ccc(Oc2ccc(-c3ccn[nH]3)cc2)cc1. The van der Waals surface area contributed by atoms with Crippen LogP contribution in [-0.4, -0.2) is 30.1 Å². The molecule has 2 N–H and O–H groups in total. The third-order valence-corrected chi connectivity index (χ3v) is 4.23. The molecule has 7 heteroatoms. The van der Waals surface area contributed by atoms with Crippen molar-refractivity contribution >= 4 is 28.8 Å². The lowest BCUT2D eigenvalue weighted by Gasteiger charge is -2.09. The van der Waals surface area contributed by atoms with Crippen LogP contribution < -0.4 is 14.9 Å². The van der Waals surface area contributed by atoms with Gasteiger partial charge in [0.2, 0.25) is 0 Å². The van der Waals surface area contributed by atoms with E-state index < -0.39 is 0 Å². The van der Waals surface area contributed by atoms with Crippen molar-refractivity contribution in [3.8, 4) is 28.5 Å². The van der Waals surface area contributed by atoms with Crippen molar-refractivity contribution in [1.29, 1.82) is 0 Å². The quantitative estimate of drug-likeness (QED) is 0.280. The maximum absolute atomic E-state index is 5.88. The topological polar surface area (TPSA) is 71.5 Å². The van der Waals surface area contributed by atoms with E-state index in [0.717, 1.165) is 32.1 Å². The first-order valence-corrected chi connectivity index (χ1v) is 9.37. The summed E-state index contributed by atoms with van der Waals surface area (Å²) in [5.41, 5.74) is 4.73. The number of hydrogen-bond donors (Lipinski definition) is 2. The second-order valence-corrected chi connectivity index (χ2v) is 6.86. The molecule has 0 bridgehead atoms. The van der Waals surface area contributed by atoms with Gasteiger partial charge in [0.05, 0.1) is 5.69 Å². The van der Waals surface area contributed by atoms with Gasteiger partial charge in [-0.05, 0) is 88.8 Å². The molecule has 1 heterocycles. The molecule has 0 fully saturated rings. The maximum Gasteiger partial charge on any atom is 0.127 e. The Labute approximate surface area is 171 Å². The zero-order valence-electron chi connectivity index (χ0n) is 14.7. The first-order valence-electron chi connectivity index (χ1n) is 8.29. The lowest BCUT2D eigenvalue weighted by atomic mass is 10.1. The number of nitrogens with one attached hydrogen (secondary N) is 2. The van der Waals surface area contributed by atoms with Gasteiger partial charge in [-0.1, -0.05) is 0 Å². The Hall–Kier alpha value is -2.81. The van der Waals surface area contributed by atoms with Gasteiger partial charge in [0.15, 0.2) is 0 Å². The molecular weight excluding hydrogens is 455 g/mol. The molecule has 0 amide bonds. The fourth-order valence-electron chi connectivity index (χ4n) is 2.25. The number of H-pyrrole nitrogens is 1. The number of aromatic nitrogens is 2. The van der Waals surface area contributed by atoms with Gasteiger partial charge in [0, 0.05) is 23.0 Å². The summed E-state index contributed by atoms with van der Waals surface area (Å²) in [6.07, 6.45) is 5.32. The largest absolute Gasteiger partial charge is 0.488 e. The first-order chi connectivity index (χ1) is 13.2. The number of allylic oxidation sites excluding steroid dienone is 1. The number of hydrogen-bond acceptors (Lipinski definition) is 5. The molecular formula is C20H19IN4O2. The molecule has 0 aliphatic rings. The summed E-state index contributed by atoms with van der Waals surface area (Å²) in [6, 6.07) is 17.3. The molecule has 3 aromatic rings. The number of nitrogens with zero attached hydrogens (tertiary/aromatic N) is 2. The zero-order valence-corrected chi connectivity index (χ0v) is 16.9. The molecule has 0 unspecified atom stereocenters. The minimum absolute atomic E-state index is 0.492. The standard InChI is InChI=1S/C20H19IN4O2/c1-22-23-12-10-16(21)14-26-17-6-8-19(9-7-17)27-18-4-2-15(3-5-18)20-11-13-24-25-20/h2-13,22H,14H2,1H3,(H,24,25)/b16-10-,23-12-. The van der Waals surface area contributed by atoms with Gasteiger partial charge >= 0.3 is 0 Å². The minimum Gasteiger partial charge on any atom is -0.488 e. The summed E-state index contributed by atoms with van der Waals surface area (Å²) >= 11 is 2.22.